The van der Waals surface area contributed by atoms with E-state index in [9.17, 15) is 13.2 Å². The Morgan fingerprint density at radius 2 is 1.92 bits per heavy atom. The van der Waals surface area contributed by atoms with Crippen molar-refractivity contribution in [3.05, 3.63) is 10.6 Å². The summed E-state index contributed by atoms with van der Waals surface area (Å²) in [6, 6.07) is 0. The van der Waals surface area contributed by atoms with Crippen molar-refractivity contribution < 1.29 is 22.9 Å². The average Bonchev–Trinajstić information content (AvgIpc) is 3.11. The molecule has 0 saturated heterocycles. The summed E-state index contributed by atoms with van der Waals surface area (Å²) in [7, 11) is 0. The molecule has 0 unspecified atom stereocenters. The third-order valence-electron chi connectivity index (χ3n) is 6.19. The SMILES string of the molecule is FC(F)(F)COc1[nH+]c2c(s1)CCN(C[C@@H]1CC13CCCCC3)CC2. The molecule has 2 saturated carbocycles. The smallest absolute Gasteiger partial charge is 0.426 e. The van der Waals surface area contributed by atoms with E-state index in [1.807, 2.05) is 0 Å². The van der Waals surface area contributed by atoms with Gasteiger partial charge in [-0.2, -0.15) is 18.2 Å². The number of hydrogen-bond donors (Lipinski definition) is 0. The van der Waals surface area contributed by atoms with Crippen LogP contribution in [0.2, 0.25) is 0 Å². The first-order valence-corrected chi connectivity index (χ1v) is 10.2. The molecule has 2 heterocycles. The second-order valence-corrected chi connectivity index (χ2v) is 9.01. The molecule has 2 fully saturated rings. The highest BCUT2D eigenvalue weighted by Crippen LogP contribution is 2.61. The van der Waals surface area contributed by atoms with Gasteiger partial charge in [0.1, 0.15) is 0 Å². The highest BCUT2D eigenvalue weighted by molar-refractivity contribution is 7.13. The lowest BCUT2D eigenvalue weighted by Crippen LogP contribution is -2.30. The van der Waals surface area contributed by atoms with Gasteiger partial charge in [-0.1, -0.05) is 19.3 Å². The summed E-state index contributed by atoms with van der Waals surface area (Å²) in [4.78, 5) is 6.78. The molecule has 0 radical (unpaired) electrons. The van der Waals surface area contributed by atoms with E-state index in [-0.39, 0.29) is 0 Å². The predicted octanol–water partition coefficient (Wildman–Crippen LogP) is 3.87. The number of H-pyrrole nitrogens is 1. The van der Waals surface area contributed by atoms with Gasteiger partial charge >= 0.3 is 11.4 Å². The molecular weight excluding hydrogens is 349 g/mol. The van der Waals surface area contributed by atoms with Gasteiger partial charge in [-0.15, -0.1) is 0 Å². The van der Waals surface area contributed by atoms with Crippen LogP contribution in [-0.4, -0.2) is 37.3 Å². The van der Waals surface area contributed by atoms with E-state index in [1.54, 1.807) is 0 Å². The molecule has 0 bridgehead atoms. The zero-order chi connectivity index (χ0) is 17.5. The van der Waals surface area contributed by atoms with Crippen molar-refractivity contribution in [3.8, 4) is 5.19 Å². The first kappa shape index (κ1) is 17.6. The largest absolute Gasteiger partial charge is 0.429 e. The van der Waals surface area contributed by atoms with E-state index in [2.05, 4.69) is 9.88 Å². The van der Waals surface area contributed by atoms with Crippen LogP contribution in [0.1, 0.15) is 49.1 Å². The Balaban J connectivity index is 1.29. The van der Waals surface area contributed by atoms with Crippen LogP contribution in [0.5, 0.6) is 5.19 Å². The van der Waals surface area contributed by atoms with Crippen molar-refractivity contribution >= 4 is 11.3 Å². The Morgan fingerprint density at radius 1 is 1.16 bits per heavy atom. The first-order valence-electron chi connectivity index (χ1n) is 9.39. The summed E-state index contributed by atoms with van der Waals surface area (Å²) < 4.78 is 41.7. The predicted molar refractivity (Wildman–Crippen MR) is 89.9 cm³/mol. The van der Waals surface area contributed by atoms with Crippen molar-refractivity contribution in [2.24, 2.45) is 11.3 Å². The van der Waals surface area contributed by atoms with Gasteiger partial charge in [-0.3, -0.25) is 0 Å². The molecule has 1 aromatic heterocycles. The Bertz CT molecular complexity index is 584. The van der Waals surface area contributed by atoms with E-state index in [0.717, 1.165) is 42.4 Å². The monoisotopic (exact) mass is 375 g/mol. The number of aromatic nitrogens is 1. The standard InChI is InChI=1S/C18H25F3N2OS/c19-18(20,21)12-24-16-22-14-4-8-23(9-5-15(14)25-16)11-13-10-17(13)6-2-1-3-7-17/h13H,1-12H2/p+1/t13-/m0/s1. The van der Waals surface area contributed by atoms with Crippen LogP contribution in [0.4, 0.5) is 13.2 Å². The minimum absolute atomic E-state index is 0.291. The van der Waals surface area contributed by atoms with Crippen LogP contribution in [0, 0.1) is 11.3 Å². The quantitative estimate of drug-likeness (QED) is 0.799. The van der Waals surface area contributed by atoms with Crippen LogP contribution in [0.3, 0.4) is 0 Å². The summed E-state index contributed by atoms with van der Waals surface area (Å²) in [6.45, 7) is 1.98. The number of nitrogens with one attached hydrogen (secondary N) is 1. The Hall–Kier alpha value is -0.820. The zero-order valence-corrected chi connectivity index (χ0v) is 15.3. The highest BCUT2D eigenvalue weighted by atomic mass is 32.1. The normalized spacial score (nSPS) is 26.3. The minimum Gasteiger partial charge on any atom is -0.426 e. The van der Waals surface area contributed by atoms with Crippen molar-refractivity contribution in [1.29, 1.82) is 0 Å². The number of alkyl halides is 3. The third kappa shape index (κ3) is 4.13. The van der Waals surface area contributed by atoms with Crippen molar-refractivity contribution in [3.63, 3.8) is 0 Å². The average molecular weight is 375 g/mol. The fourth-order valence-corrected chi connectivity index (χ4v) is 5.69. The maximum absolute atomic E-state index is 12.3. The Kier molecular flexibility index (Phi) is 4.73. The molecule has 1 aliphatic heterocycles. The summed E-state index contributed by atoms with van der Waals surface area (Å²) in [5, 5.41) is 0.291. The summed E-state index contributed by atoms with van der Waals surface area (Å²) >= 11 is 1.34. The van der Waals surface area contributed by atoms with Crippen molar-refractivity contribution in [1.82, 2.24) is 4.90 Å². The van der Waals surface area contributed by atoms with E-state index >= 15 is 0 Å². The van der Waals surface area contributed by atoms with Gasteiger partial charge in [-0.25, -0.2) is 0 Å². The molecule has 7 heteroatoms. The Morgan fingerprint density at radius 3 is 2.68 bits per heavy atom. The van der Waals surface area contributed by atoms with Crippen LogP contribution in [0.25, 0.3) is 0 Å². The number of ether oxygens (including phenoxy) is 1. The van der Waals surface area contributed by atoms with Crippen LogP contribution < -0.4 is 9.72 Å². The topological polar surface area (TPSA) is 26.6 Å². The lowest BCUT2D eigenvalue weighted by molar-refractivity contribution is -0.401. The zero-order valence-electron chi connectivity index (χ0n) is 14.5. The number of nitrogens with zero attached hydrogens (tertiary/aromatic N) is 1. The Labute approximate surface area is 150 Å². The van der Waals surface area contributed by atoms with Crippen LogP contribution in [-0.2, 0) is 12.8 Å². The lowest BCUT2D eigenvalue weighted by Gasteiger charge is -2.25. The number of rotatable bonds is 4. The maximum atomic E-state index is 12.3. The molecule has 1 spiro atoms. The van der Waals surface area contributed by atoms with Crippen molar-refractivity contribution in [2.75, 3.05) is 26.2 Å². The summed E-state index contributed by atoms with van der Waals surface area (Å²) in [5.41, 5.74) is 1.73. The molecule has 25 heavy (non-hydrogen) atoms. The van der Waals surface area contributed by atoms with Gasteiger partial charge in [0.05, 0.1) is 4.88 Å². The molecule has 0 aromatic carbocycles. The second-order valence-electron chi connectivity index (χ2n) is 7.94. The number of halogens is 3. The van der Waals surface area contributed by atoms with E-state index in [1.165, 1.54) is 56.4 Å². The molecule has 4 rings (SSSR count). The fraction of sp³-hybridized carbons (Fsp3) is 0.833. The van der Waals surface area contributed by atoms with Gasteiger partial charge in [-0.05, 0) is 41.9 Å². The third-order valence-corrected chi connectivity index (χ3v) is 7.29. The summed E-state index contributed by atoms with van der Waals surface area (Å²) in [6.07, 6.45) is 5.98. The lowest BCUT2D eigenvalue weighted by atomic mass is 9.84. The molecule has 1 atom stereocenters. The first-order chi connectivity index (χ1) is 11.9. The van der Waals surface area contributed by atoms with E-state index in [0.29, 0.717) is 10.6 Å². The second kappa shape index (κ2) is 6.72. The van der Waals surface area contributed by atoms with Gasteiger partial charge in [0.15, 0.2) is 12.3 Å². The van der Waals surface area contributed by atoms with E-state index < -0.39 is 12.8 Å². The number of thiazole rings is 1. The molecule has 140 valence electrons. The van der Waals surface area contributed by atoms with Crippen molar-refractivity contribution in [2.45, 2.75) is 57.5 Å². The molecule has 1 N–H and O–H groups in total. The van der Waals surface area contributed by atoms with Crippen LogP contribution in [0.15, 0.2) is 0 Å². The molecule has 1 aromatic rings. The number of aromatic amines is 1. The van der Waals surface area contributed by atoms with Gasteiger partial charge in [0, 0.05) is 32.5 Å². The summed E-state index contributed by atoms with van der Waals surface area (Å²) in [5.74, 6) is 0.874. The molecule has 3 nitrogen and oxygen atoms in total. The number of fused-ring (bicyclic) bond motifs is 1. The van der Waals surface area contributed by atoms with E-state index in [4.69, 9.17) is 4.74 Å². The van der Waals surface area contributed by atoms with Gasteiger partial charge < -0.3 is 9.64 Å². The number of hydrogen-bond acceptors (Lipinski definition) is 3. The fourth-order valence-electron chi connectivity index (χ4n) is 4.70. The maximum Gasteiger partial charge on any atom is 0.429 e. The molecular formula is C18H26F3N2OS+. The molecule has 0 amide bonds. The highest BCUT2D eigenvalue weighted by Gasteiger charge is 2.53. The molecule has 2 aliphatic carbocycles. The molecule has 3 aliphatic rings. The van der Waals surface area contributed by atoms with Gasteiger partial charge in [0.25, 0.3) is 0 Å². The minimum atomic E-state index is -4.29. The van der Waals surface area contributed by atoms with Crippen LogP contribution >= 0.6 is 11.3 Å². The van der Waals surface area contributed by atoms with Gasteiger partial charge in [0.2, 0.25) is 0 Å².